The predicted octanol–water partition coefficient (Wildman–Crippen LogP) is 1.25. The smallest absolute Gasteiger partial charge is 0.257 e. The molecular formula is C14H19NO4. The molecule has 0 radical (unpaired) electrons. The minimum absolute atomic E-state index is 0.0602. The van der Waals surface area contributed by atoms with E-state index in [1.807, 2.05) is 0 Å². The molecule has 1 saturated heterocycles. The van der Waals surface area contributed by atoms with Crippen LogP contribution >= 0.6 is 0 Å². The largest absolute Gasteiger partial charge is 0.507 e. The zero-order valence-corrected chi connectivity index (χ0v) is 11.0. The standard InChI is InChI=1S/C14H19NO4/c1-19-11-2-3-12(13(17)8-11)14(18)15-6-4-10(9-15)5-7-16/h2-3,8,10,16-17H,4-7,9H2,1H3. The van der Waals surface area contributed by atoms with Crippen LogP contribution < -0.4 is 4.74 Å². The number of hydrogen-bond donors (Lipinski definition) is 2. The summed E-state index contributed by atoms with van der Waals surface area (Å²) in [6, 6.07) is 4.68. The van der Waals surface area contributed by atoms with Gasteiger partial charge in [-0.25, -0.2) is 0 Å². The molecule has 1 aromatic rings. The first kappa shape index (κ1) is 13.7. The minimum Gasteiger partial charge on any atom is -0.507 e. The van der Waals surface area contributed by atoms with Crippen molar-refractivity contribution < 1.29 is 19.7 Å². The van der Waals surface area contributed by atoms with Gasteiger partial charge < -0.3 is 19.8 Å². The third-order valence-electron chi connectivity index (χ3n) is 3.55. The van der Waals surface area contributed by atoms with Crippen molar-refractivity contribution in [2.45, 2.75) is 12.8 Å². The molecular weight excluding hydrogens is 246 g/mol. The second-order valence-corrected chi connectivity index (χ2v) is 4.80. The molecule has 5 heteroatoms. The van der Waals surface area contributed by atoms with E-state index in [0.29, 0.717) is 30.3 Å². The number of ether oxygens (including phenoxy) is 1. The lowest BCUT2D eigenvalue weighted by atomic mass is 10.1. The second kappa shape index (κ2) is 5.93. The summed E-state index contributed by atoms with van der Waals surface area (Å²) in [5, 5.41) is 18.8. The lowest BCUT2D eigenvalue weighted by Gasteiger charge is -2.17. The lowest BCUT2D eigenvalue weighted by molar-refractivity contribution is 0.0781. The summed E-state index contributed by atoms with van der Waals surface area (Å²) >= 11 is 0. The van der Waals surface area contributed by atoms with E-state index in [9.17, 15) is 9.90 Å². The summed E-state index contributed by atoms with van der Waals surface area (Å²) in [6.07, 6.45) is 1.63. The van der Waals surface area contributed by atoms with E-state index in [4.69, 9.17) is 9.84 Å². The van der Waals surface area contributed by atoms with Crippen LogP contribution in [0.2, 0.25) is 0 Å². The summed E-state index contributed by atoms with van der Waals surface area (Å²) in [4.78, 5) is 14.0. The maximum atomic E-state index is 12.3. The molecule has 0 spiro atoms. The molecule has 1 unspecified atom stereocenters. The highest BCUT2D eigenvalue weighted by Gasteiger charge is 2.27. The number of benzene rings is 1. The second-order valence-electron chi connectivity index (χ2n) is 4.80. The highest BCUT2D eigenvalue weighted by atomic mass is 16.5. The van der Waals surface area contributed by atoms with Crippen LogP contribution in [-0.4, -0.2) is 47.8 Å². The van der Waals surface area contributed by atoms with Gasteiger partial charge in [-0.05, 0) is 30.9 Å². The maximum Gasteiger partial charge on any atom is 0.257 e. The van der Waals surface area contributed by atoms with E-state index < -0.39 is 0 Å². The van der Waals surface area contributed by atoms with Gasteiger partial charge in [0.2, 0.25) is 0 Å². The molecule has 0 saturated carbocycles. The quantitative estimate of drug-likeness (QED) is 0.859. The zero-order valence-electron chi connectivity index (χ0n) is 11.0. The minimum atomic E-state index is -0.166. The summed E-state index contributed by atoms with van der Waals surface area (Å²) in [5.74, 6) is 0.651. The Morgan fingerprint density at radius 1 is 1.53 bits per heavy atom. The molecule has 1 heterocycles. The normalized spacial score (nSPS) is 18.6. The molecule has 1 amide bonds. The summed E-state index contributed by atoms with van der Waals surface area (Å²) in [7, 11) is 1.51. The van der Waals surface area contributed by atoms with Gasteiger partial charge in [0.15, 0.2) is 0 Å². The monoisotopic (exact) mass is 265 g/mol. The van der Waals surface area contributed by atoms with Crippen LogP contribution in [0.4, 0.5) is 0 Å². The number of aromatic hydroxyl groups is 1. The molecule has 0 bridgehead atoms. The summed E-state index contributed by atoms with van der Waals surface area (Å²) in [5.41, 5.74) is 0.297. The van der Waals surface area contributed by atoms with E-state index in [1.54, 1.807) is 17.0 Å². The van der Waals surface area contributed by atoms with Gasteiger partial charge in [0, 0.05) is 25.8 Å². The first-order valence-corrected chi connectivity index (χ1v) is 6.43. The average Bonchev–Trinajstić information content (AvgIpc) is 2.87. The SMILES string of the molecule is COc1ccc(C(=O)N2CCC(CCO)C2)c(O)c1. The highest BCUT2D eigenvalue weighted by molar-refractivity contribution is 5.97. The highest BCUT2D eigenvalue weighted by Crippen LogP contribution is 2.27. The van der Waals surface area contributed by atoms with Gasteiger partial charge in [-0.2, -0.15) is 0 Å². The average molecular weight is 265 g/mol. The van der Waals surface area contributed by atoms with Gasteiger partial charge in [-0.1, -0.05) is 0 Å². The number of hydrogen-bond acceptors (Lipinski definition) is 4. The fraction of sp³-hybridized carbons (Fsp3) is 0.500. The molecule has 1 aromatic carbocycles. The number of likely N-dealkylation sites (tertiary alicyclic amines) is 1. The molecule has 0 aromatic heterocycles. The first-order chi connectivity index (χ1) is 9.15. The summed E-state index contributed by atoms with van der Waals surface area (Å²) < 4.78 is 4.99. The van der Waals surface area contributed by atoms with Crippen LogP contribution in [0.1, 0.15) is 23.2 Å². The van der Waals surface area contributed by atoms with Gasteiger partial charge >= 0.3 is 0 Å². The van der Waals surface area contributed by atoms with Crippen LogP contribution in [0.3, 0.4) is 0 Å². The van der Waals surface area contributed by atoms with Crippen molar-refractivity contribution in [3.05, 3.63) is 23.8 Å². The number of carbonyl (C=O) groups is 1. The number of phenols is 1. The van der Waals surface area contributed by atoms with Crippen LogP contribution in [0.15, 0.2) is 18.2 Å². The van der Waals surface area contributed by atoms with Gasteiger partial charge in [-0.3, -0.25) is 4.79 Å². The van der Waals surface area contributed by atoms with Crippen molar-refractivity contribution in [1.82, 2.24) is 4.90 Å². The maximum absolute atomic E-state index is 12.3. The van der Waals surface area contributed by atoms with E-state index in [2.05, 4.69) is 0 Å². The molecule has 0 aliphatic carbocycles. The molecule has 1 aliphatic rings. The van der Waals surface area contributed by atoms with Gasteiger partial charge in [0.25, 0.3) is 5.91 Å². The van der Waals surface area contributed by atoms with Crippen molar-refractivity contribution in [2.24, 2.45) is 5.92 Å². The Labute approximate surface area is 112 Å². The van der Waals surface area contributed by atoms with E-state index in [0.717, 1.165) is 12.8 Å². The van der Waals surface area contributed by atoms with Crippen LogP contribution in [0.25, 0.3) is 0 Å². The first-order valence-electron chi connectivity index (χ1n) is 6.43. The van der Waals surface area contributed by atoms with Crippen LogP contribution in [0, 0.1) is 5.92 Å². The fourth-order valence-corrected chi connectivity index (χ4v) is 2.42. The number of amides is 1. The Balaban J connectivity index is 2.08. The summed E-state index contributed by atoms with van der Waals surface area (Å²) in [6.45, 7) is 1.47. The third-order valence-corrected chi connectivity index (χ3v) is 3.55. The van der Waals surface area contributed by atoms with Crippen molar-refractivity contribution in [1.29, 1.82) is 0 Å². The Hall–Kier alpha value is -1.75. The predicted molar refractivity (Wildman–Crippen MR) is 70.4 cm³/mol. The Morgan fingerprint density at radius 3 is 2.95 bits per heavy atom. The number of phenolic OH excluding ortho intramolecular Hbond substituents is 1. The number of aliphatic hydroxyl groups excluding tert-OH is 1. The number of nitrogens with zero attached hydrogens (tertiary/aromatic N) is 1. The van der Waals surface area contributed by atoms with Crippen LogP contribution in [0.5, 0.6) is 11.5 Å². The third kappa shape index (κ3) is 2.98. The van der Waals surface area contributed by atoms with Crippen LogP contribution in [-0.2, 0) is 0 Å². The lowest BCUT2D eigenvalue weighted by Crippen LogP contribution is -2.28. The molecule has 2 N–H and O–H groups in total. The van der Waals surface area contributed by atoms with Gasteiger partial charge in [0.05, 0.1) is 12.7 Å². The number of aliphatic hydroxyl groups is 1. The van der Waals surface area contributed by atoms with Crippen molar-refractivity contribution >= 4 is 5.91 Å². The van der Waals surface area contributed by atoms with Crippen molar-refractivity contribution in [3.8, 4) is 11.5 Å². The number of rotatable bonds is 4. The molecule has 1 atom stereocenters. The Kier molecular flexibility index (Phi) is 4.27. The number of methoxy groups -OCH3 is 1. The van der Waals surface area contributed by atoms with E-state index in [1.165, 1.54) is 13.2 Å². The van der Waals surface area contributed by atoms with Crippen molar-refractivity contribution in [3.63, 3.8) is 0 Å². The van der Waals surface area contributed by atoms with Gasteiger partial charge in [-0.15, -0.1) is 0 Å². The molecule has 1 fully saturated rings. The van der Waals surface area contributed by atoms with E-state index >= 15 is 0 Å². The Bertz CT molecular complexity index is 461. The van der Waals surface area contributed by atoms with Crippen molar-refractivity contribution in [2.75, 3.05) is 26.8 Å². The fourth-order valence-electron chi connectivity index (χ4n) is 2.42. The molecule has 104 valence electrons. The molecule has 19 heavy (non-hydrogen) atoms. The molecule has 2 rings (SSSR count). The topological polar surface area (TPSA) is 70.0 Å². The Morgan fingerprint density at radius 2 is 2.32 bits per heavy atom. The zero-order chi connectivity index (χ0) is 13.8. The van der Waals surface area contributed by atoms with Gasteiger partial charge in [0.1, 0.15) is 11.5 Å². The van der Waals surface area contributed by atoms with E-state index in [-0.39, 0.29) is 18.3 Å². The molecule has 5 nitrogen and oxygen atoms in total. The number of carbonyl (C=O) groups excluding carboxylic acids is 1. The molecule has 1 aliphatic heterocycles.